The molecule has 4 heteroatoms. The Morgan fingerprint density at radius 2 is 1.65 bits per heavy atom. The van der Waals surface area contributed by atoms with E-state index in [2.05, 4.69) is 27.6 Å². The quantitative estimate of drug-likeness (QED) is 0.605. The number of nitrogens with one attached hydrogen (secondary N) is 2. The standard InChI is InChI=1S/C19H34N4/c1-20-19(21-12-18(13-6-7-13)14-8-9-14)22-15-10-16-4-3-5-17(11-15)23(16)2/h13-18H,3-12H2,1-2H3,(H2,20,21,22). The summed E-state index contributed by atoms with van der Waals surface area (Å²) in [6.07, 6.45) is 12.6. The normalized spacial score (nSPS) is 35.4. The summed E-state index contributed by atoms with van der Waals surface area (Å²) in [5, 5.41) is 7.40. The molecule has 23 heavy (non-hydrogen) atoms. The second-order valence-corrected chi connectivity index (χ2v) is 8.51. The third-order valence-electron chi connectivity index (χ3n) is 6.86. The largest absolute Gasteiger partial charge is 0.356 e. The minimum Gasteiger partial charge on any atom is -0.356 e. The molecule has 2 saturated carbocycles. The van der Waals surface area contributed by atoms with E-state index in [1.165, 1.54) is 57.8 Å². The van der Waals surface area contributed by atoms with Crippen molar-refractivity contribution in [2.75, 3.05) is 20.6 Å². The zero-order chi connectivity index (χ0) is 15.8. The predicted octanol–water partition coefficient (Wildman–Crippen LogP) is 2.60. The van der Waals surface area contributed by atoms with Gasteiger partial charge < -0.3 is 15.5 Å². The first-order chi connectivity index (χ1) is 11.2. The summed E-state index contributed by atoms with van der Waals surface area (Å²) in [7, 11) is 4.25. The van der Waals surface area contributed by atoms with Crippen LogP contribution in [0.4, 0.5) is 0 Å². The van der Waals surface area contributed by atoms with E-state index < -0.39 is 0 Å². The van der Waals surface area contributed by atoms with Gasteiger partial charge in [-0.1, -0.05) is 6.42 Å². The first-order valence-electron chi connectivity index (χ1n) is 9.93. The van der Waals surface area contributed by atoms with Crippen LogP contribution in [0.5, 0.6) is 0 Å². The highest BCUT2D eigenvalue weighted by Gasteiger charge is 2.41. The van der Waals surface area contributed by atoms with Crippen molar-refractivity contribution in [2.45, 2.75) is 75.9 Å². The SMILES string of the molecule is CN=C(NCC(C1CC1)C1CC1)NC1CC2CCCC(C1)N2C. The molecule has 0 radical (unpaired) electrons. The van der Waals surface area contributed by atoms with Crippen molar-refractivity contribution < 1.29 is 0 Å². The molecule has 2 saturated heterocycles. The van der Waals surface area contributed by atoms with E-state index >= 15 is 0 Å². The summed E-state index contributed by atoms with van der Waals surface area (Å²) >= 11 is 0. The van der Waals surface area contributed by atoms with Crippen molar-refractivity contribution in [2.24, 2.45) is 22.7 Å². The molecule has 0 amide bonds. The first kappa shape index (κ1) is 15.7. The number of guanidine groups is 1. The van der Waals surface area contributed by atoms with E-state index in [0.717, 1.165) is 42.3 Å². The Morgan fingerprint density at radius 3 is 2.17 bits per heavy atom. The van der Waals surface area contributed by atoms with Crippen LogP contribution in [0.1, 0.15) is 57.8 Å². The molecule has 4 nitrogen and oxygen atoms in total. The Labute approximate surface area is 141 Å². The summed E-state index contributed by atoms with van der Waals surface area (Å²) in [6, 6.07) is 2.17. The van der Waals surface area contributed by atoms with E-state index in [0.29, 0.717) is 6.04 Å². The van der Waals surface area contributed by atoms with Crippen molar-refractivity contribution in [1.82, 2.24) is 15.5 Å². The third kappa shape index (κ3) is 3.67. The molecule has 2 bridgehead atoms. The topological polar surface area (TPSA) is 39.7 Å². The highest BCUT2D eigenvalue weighted by Crippen LogP contribution is 2.48. The lowest BCUT2D eigenvalue weighted by atomic mass is 9.82. The van der Waals surface area contributed by atoms with Crippen LogP contribution in [-0.4, -0.2) is 49.6 Å². The van der Waals surface area contributed by atoms with Crippen molar-refractivity contribution in [1.29, 1.82) is 0 Å². The average Bonchev–Trinajstić information content (AvgIpc) is 3.41. The molecule has 0 aromatic rings. The summed E-state index contributed by atoms with van der Waals surface area (Å²) in [6.45, 7) is 1.13. The van der Waals surface area contributed by atoms with Gasteiger partial charge in [0.1, 0.15) is 0 Å². The maximum absolute atomic E-state index is 4.51. The molecular weight excluding hydrogens is 284 g/mol. The number of rotatable bonds is 5. The number of piperidine rings is 2. The Hall–Kier alpha value is -0.770. The molecule has 0 aromatic carbocycles. The highest BCUT2D eigenvalue weighted by molar-refractivity contribution is 5.80. The van der Waals surface area contributed by atoms with Crippen molar-refractivity contribution in [3.8, 4) is 0 Å². The van der Waals surface area contributed by atoms with Crippen LogP contribution in [-0.2, 0) is 0 Å². The van der Waals surface area contributed by atoms with Crippen LogP contribution >= 0.6 is 0 Å². The van der Waals surface area contributed by atoms with Crippen molar-refractivity contribution in [3.05, 3.63) is 0 Å². The summed E-state index contributed by atoms with van der Waals surface area (Å²) < 4.78 is 0. The predicted molar refractivity (Wildman–Crippen MR) is 95.6 cm³/mol. The maximum atomic E-state index is 4.51. The zero-order valence-corrected chi connectivity index (χ0v) is 14.9. The third-order valence-corrected chi connectivity index (χ3v) is 6.86. The number of fused-ring (bicyclic) bond motifs is 2. The van der Waals surface area contributed by atoms with Crippen LogP contribution in [0.25, 0.3) is 0 Å². The molecule has 2 atom stereocenters. The van der Waals surface area contributed by atoms with Gasteiger partial charge in [0.25, 0.3) is 0 Å². The lowest BCUT2D eigenvalue weighted by Crippen LogP contribution is -2.57. The monoisotopic (exact) mass is 318 g/mol. The smallest absolute Gasteiger partial charge is 0.191 e. The van der Waals surface area contributed by atoms with Gasteiger partial charge in [0.2, 0.25) is 0 Å². The molecular formula is C19H34N4. The van der Waals surface area contributed by atoms with E-state index in [1.54, 1.807) is 0 Å². The van der Waals surface area contributed by atoms with E-state index in [4.69, 9.17) is 0 Å². The fourth-order valence-corrected chi connectivity index (χ4v) is 5.10. The molecule has 0 spiro atoms. The molecule has 2 aliphatic heterocycles. The van der Waals surface area contributed by atoms with Gasteiger partial charge in [0.05, 0.1) is 0 Å². The van der Waals surface area contributed by atoms with Crippen LogP contribution in [0.15, 0.2) is 4.99 Å². The molecule has 4 fully saturated rings. The average molecular weight is 319 g/mol. The summed E-state index contributed by atoms with van der Waals surface area (Å²) in [5.41, 5.74) is 0. The van der Waals surface area contributed by atoms with E-state index in [-0.39, 0.29) is 0 Å². The Kier molecular flexibility index (Phi) is 4.53. The van der Waals surface area contributed by atoms with Gasteiger partial charge >= 0.3 is 0 Å². The van der Waals surface area contributed by atoms with Gasteiger partial charge in [-0.2, -0.15) is 0 Å². The second-order valence-electron chi connectivity index (χ2n) is 8.51. The minimum absolute atomic E-state index is 0.605. The maximum Gasteiger partial charge on any atom is 0.191 e. The number of nitrogens with zero attached hydrogens (tertiary/aromatic N) is 2. The number of aliphatic imine (C=N–C) groups is 1. The zero-order valence-electron chi connectivity index (χ0n) is 14.9. The Balaban J connectivity index is 1.28. The molecule has 2 aliphatic carbocycles. The fourth-order valence-electron chi connectivity index (χ4n) is 5.10. The molecule has 4 rings (SSSR count). The Bertz CT molecular complexity index is 415. The number of hydrogen-bond donors (Lipinski definition) is 2. The summed E-state index contributed by atoms with van der Waals surface area (Å²) in [5.74, 6) is 3.97. The van der Waals surface area contributed by atoms with Crippen LogP contribution in [0, 0.1) is 17.8 Å². The molecule has 130 valence electrons. The van der Waals surface area contributed by atoms with Gasteiger partial charge in [-0.3, -0.25) is 4.99 Å². The second kappa shape index (κ2) is 6.62. The van der Waals surface area contributed by atoms with E-state index in [9.17, 15) is 0 Å². The van der Waals surface area contributed by atoms with Crippen LogP contribution in [0.2, 0.25) is 0 Å². The van der Waals surface area contributed by atoms with Crippen molar-refractivity contribution >= 4 is 5.96 Å². The highest BCUT2D eigenvalue weighted by atomic mass is 15.2. The van der Waals surface area contributed by atoms with E-state index in [1.807, 2.05) is 7.05 Å². The molecule has 4 aliphatic rings. The molecule has 2 unspecified atom stereocenters. The van der Waals surface area contributed by atoms with Crippen LogP contribution < -0.4 is 10.6 Å². The first-order valence-corrected chi connectivity index (χ1v) is 9.93. The number of hydrogen-bond acceptors (Lipinski definition) is 2. The van der Waals surface area contributed by atoms with Crippen LogP contribution in [0.3, 0.4) is 0 Å². The van der Waals surface area contributed by atoms with Gasteiger partial charge in [-0.25, -0.2) is 0 Å². The summed E-state index contributed by atoms with van der Waals surface area (Å²) in [4.78, 5) is 7.14. The fraction of sp³-hybridized carbons (Fsp3) is 0.947. The van der Waals surface area contributed by atoms with Gasteiger partial charge in [0.15, 0.2) is 5.96 Å². The minimum atomic E-state index is 0.605. The molecule has 0 aromatic heterocycles. The van der Waals surface area contributed by atoms with Gasteiger partial charge in [-0.15, -0.1) is 0 Å². The lowest BCUT2D eigenvalue weighted by molar-refractivity contribution is 0.0526. The lowest BCUT2D eigenvalue weighted by Gasteiger charge is -2.47. The van der Waals surface area contributed by atoms with Gasteiger partial charge in [0, 0.05) is 31.7 Å². The Morgan fingerprint density at radius 1 is 1.04 bits per heavy atom. The molecule has 2 N–H and O–H groups in total. The van der Waals surface area contributed by atoms with Gasteiger partial charge in [-0.05, 0) is 76.2 Å². The molecule has 2 heterocycles. The van der Waals surface area contributed by atoms with Crippen molar-refractivity contribution in [3.63, 3.8) is 0 Å².